The summed E-state index contributed by atoms with van der Waals surface area (Å²) in [6.07, 6.45) is -3.19. The number of aryl methyl sites for hydroxylation is 1. The number of amides is 1. The van der Waals surface area contributed by atoms with Gasteiger partial charge >= 0.3 is 11.9 Å². The van der Waals surface area contributed by atoms with Gasteiger partial charge in [-0.3, -0.25) is 9.36 Å². The molecule has 12 heteroatoms. The minimum absolute atomic E-state index is 0.0855. The molecule has 2 aliphatic heterocycles. The van der Waals surface area contributed by atoms with Gasteiger partial charge in [-0.2, -0.15) is 18.2 Å². The number of halogens is 5. The number of nitrogens with zero attached hydrogens (tertiary/aromatic N) is 4. The van der Waals surface area contributed by atoms with Crippen molar-refractivity contribution >= 4 is 34.4 Å². The van der Waals surface area contributed by atoms with E-state index < -0.39 is 40.2 Å². The predicted octanol–water partition coefficient (Wildman–Crippen LogP) is 4.69. The molecule has 3 aromatic rings. The number of alkyl halides is 3. The highest BCUT2D eigenvalue weighted by atomic mass is 32.2. The summed E-state index contributed by atoms with van der Waals surface area (Å²) in [5.41, 5.74) is -2.29. The van der Waals surface area contributed by atoms with Crippen LogP contribution in [0.25, 0.3) is 22.0 Å². The van der Waals surface area contributed by atoms with E-state index in [-0.39, 0.29) is 60.2 Å². The molecule has 1 saturated heterocycles. The van der Waals surface area contributed by atoms with Gasteiger partial charge < -0.3 is 9.80 Å². The van der Waals surface area contributed by atoms with E-state index >= 15 is 0 Å². The number of hydrogen-bond donors (Lipinski definition) is 0. The molecule has 194 valence electrons. The Bertz CT molecular complexity index is 1480. The van der Waals surface area contributed by atoms with Gasteiger partial charge in [-0.25, -0.2) is 13.6 Å². The predicted molar refractivity (Wildman–Crippen MR) is 131 cm³/mol. The van der Waals surface area contributed by atoms with E-state index in [1.807, 2.05) is 0 Å². The lowest BCUT2D eigenvalue weighted by Crippen LogP contribution is -2.49. The summed E-state index contributed by atoms with van der Waals surface area (Å²) in [6, 6.07) is 3.35. The molecule has 0 aliphatic carbocycles. The molecule has 6 nitrogen and oxygen atoms in total. The summed E-state index contributed by atoms with van der Waals surface area (Å²) in [5, 5.41) is 0.117. The quantitative estimate of drug-likeness (QED) is 0.359. The molecule has 0 unspecified atom stereocenters. The van der Waals surface area contributed by atoms with Crippen LogP contribution in [0, 0.1) is 11.6 Å². The Morgan fingerprint density at radius 1 is 1.08 bits per heavy atom. The Kier molecular flexibility index (Phi) is 6.47. The van der Waals surface area contributed by atoms with Crippen molar-refractivity contribution in [3.8, 4) is 11.1 Å². The van der Waals surface area contributed by atoms with Crippen molar-refractivity contribution in [2.24, 2.45) is 0 Å². The molecule has 1 aromatic heterocycles. The second-order valence-corrected chi connectivity index (χ2v) is 9.84. The van der Waals surface area contributed by atoms with Gasteiger partial charge in [0, 0.05) is 60.2 Å². The summed E-state index contributed by atoms with van der Waals surface area (Å²) in [6.45, 7) is 4.78. The molecule has 1 fully saturated rings. The van der Waals surface area contributed by atoms with Crippen molar-refractivity contribution in [3.05, 3.63) is 64.6 Å². The maximum Gasteiger partial charge on any atom is 0.417 e. The van der Waals surface area contributed by atoms with Gasteiger partial charge in [-0.1, -0.05) is 6.58 Å². The molecule has 5 rings (SSSR count). The fraction of sp³-hybridized carbons (Fsp3) is 0.320. The fourth-order valence-electron chi connectivity index (χ4n) is 4.83. The van der Waals surface area contributed by atoms with Crippen LogP contribution in [0.15, 0.2) is 46.6 Å². The van der Waals surface area contributed by atoms with Crippen LogP contribution >= 0.6 is 11.8 Å². The van der Waals surface area contributed by atoms with Crippen molar-refractivity contribution in [2.45, 2.75) is 24.0 Å². The molecule has 0 radical (unpaired) electrons. The van der Waals surface area contributed by atoms with Crippen LogP contribution in [0.1, 0.15) is 12.0 Å². The highest BCUT2D eigenvalue weighted by Crippen LogP contribution is 2.48. The van der Waals surface area contributed by atoms with Gasteiger partial charge in [0.2, 0.25) is 5.91 Å². The molecule has 2 aliphatic rings. The van der Waals surface area contributed by atoms with Gasteiger partial charge in [0.25, 0.3) is 0 Å². The average molecular weight is 537 g/mol. The van der Waals surface area contributed by atoms with Gasteiger partial charge in [0.1, 0.15) is 17.5 Å². The van der Waals surface area contributed by atoms with Crippen molar-refractivity contribution in [1.29, 1.82) is 0 Å². The maximum atomic E-state index is 14.9. The number of rotatable bonds is 3. The lowest BCUT2D eigenvalue weighted by molar-refractivity contribution is -0.137. The molecular weight excluding hydrogens is 515 g/mol. The molecule has 0 saturated carbocycles. The Hall–Kier alpha value is -3.41. The van der Waals surface area contributed by atoms with E-state index in [0.29, 0.717) is 18.2 Å². The average Bonchev–Trinajstić information content (AvgIpc) is 3.09. The zero-order valence-electron chi connectivity index (χ0n) is 19.4. The van der Waals surface area contributed by atoms with Crippen molar-refractivity contribution in [2.75, 3.05) is 36.8 Å². The lowest BCUT2D eigenvalue weighted by atomic mass is 9.95. The third kappa shape index (κ3) is 4.47. The monoisotopic (exact) mass is 536 g/mol. The molecule has 0 atom stereocenters. The number of carbonyl (C=O) groups excluding carboxylic acids is 1. The van der Waals surface area contributed by atoms with Crippen LogP contribution in [0.2, 0.25) is 0 Å². The first-order chi connectivity index (χ1) is 17.6. The highest BCUT2D eigenvalue weighted by Gasteiger charge is 2.38. The minimum atomic E-state index is -4.87. The molecular formula is C25H21F5N4O2S. The van der Waals surface area contributed by atoms with Crippen molar-refractivity contribution in [1.82, 2.24) is 14.5 Å². The minimum Gasteiger partial charge on any atom is -0.352 e. The molecule has 0 spiro atoms. The van der Waals surface area contributed by atoms with Crippen LogP contribution in [0.5, 0.6) is 0 Å². The van der Waals surface area contributed by atoms with Crippen molar-refractivity contribution < 1.29 is 26.7 Å². The number of hydrogen-bond acceptors (Lipinski definition) is 5. The second kappa shape index (κ2) is 9.47. The molecule has 0 bridgehead atoms. The summed E-state index contributed by atoms with van der Waals surface area (Å²) in [7, 11) is 0. The number of benzene rings is 2. The smallest absolute Gasteiger partial charge is 0.352 e. The zero-order chi connectivity index (χ0) is 26.5. The van der Waals surface area contributed by atoms with Crippen molar-refractivity contribution in [3.63, 3.8) is 0 Å². The summed E-state index contributed by atoms with van der Waals surface area (Å²) < 4.78 is 73.3. The van der Waals surface area contributed by atoms with Crippen LogP contribution in [-0.4, -0.2) is 52.3 Å². The van der Waals surface area contributed by atoms with E-state index in [0.717, 1.165) is 30.0 Å². The first-order valence-corrected chi connectivity index (χ1v) is 12.5. The number of piperazine rings is 1. The Morgan fingerprint density at radius 2 is 1.81 bits per heavy atom. The largest absolute Gasteiger partial charge is 0.417 e. The topological polar surface area (TPSA) is 58.4 Å². The molecule has 2 aromatic carbocycles. The highest BCUT2D eigenvalue weighted by molar-refractivity contribution is 7.99. The maximum absolute atomic E-state index is 14.9. The van der Waals surface area contributed by atoms with E-state index in [9.17, 15) is 31.5 Å². The van der Waals surface area contributed by atoms with Gasteiger partial charge in [0.15, 0.2) is 0 Å². The molecule has 3 heterocycles. The van der Waals surface area contributed by atoms with Crippen LogP contribution in [0.3, 0.4) is 0 Å². The van der Waals surface area contributed by atoms with Gasteiger partial charge in [-0.05, 0) is 36.4 Å². The van der Waals surface area contributed by atoms with Gasteiger partial charge in [-0.15, -0.1) is 11.8 Å². The Morgan fingerprint density at radius 3 is 2.46 bits per heavy atom. The molecule has 1 amide bonds. The normalized spacial score (nSPS) is 16.1. The lowest BCUT2D eigenvalue weighted by Gasteiger charge is -2.35. The summed E-state index contributed by atoms with van der Waals surface area (Å²) in [5.74, 6) is -1.82. The number of carbonyl (C=O) groups is 1. The van der Waals surface area contributed by atoms with E-state index in [1.165, 1.54) is 10.6 Å². The van der Waals surface area contributed by atoms with Gasteiger partial charge in [0.05, 0.1) is 11.1 Å². The van der Waals surface area contributed by atoms with Crippen LogP contribution < -0.4 is 10.6 Å². The molecule has 0 N–H and O–H groups in total. The fourth-order valence-corrected chi connectivity index (χ4v) is 6.03. The van der Waals surface area contributed by atoms with E-state index in [4.69, 9.17) is 0 Å². The standard InChI is InChI=1S/C25H21F5N4O2S/c1-2-19(35)32-7-9-33(10-8-32)23-16-13-17(25(28,29)30)20(15-5-4-14(26)12-18(15)27)22-21(16)34(24(36)31-23)6-3-11-37-22/h2,4-5,12-13H,1,3,6-11H2. The first kappa shape index (κ1) is 25.2. The first-order valence-electron chi connectivity index (χ1n) is 11.5. The van der Waals surface area contributed by atoms with E-state index in [2.05, 4.69) is 11.6 Å². The zero-order valence-corrected chi connectivity index (χ0v) is 20.3. The molecule has 37 heavy (non-hydrogen) atoms. The third-order valence-electron chi connectivity index (χ3n) is 6.54. The van der Waals surface area contributed by atoms with Crippen LogP contribution in [-0.2, 0) is 17.5 Å². The second-order valence-electron chi connectivity index (χ2n) is 8.73. The Labute approximate surface area is 212 Å². The number of aromatic nitrogens is 2. The Balaban J connectivity index is 1.80. The third-order valence-corrected chi connectivity index (χ3v) is 7.72. The van der Waals surface area contributed by atoms with Crippen LogP contribution in [0.4, 0.5) is 27.8 Å². The summed E-state index contributed by atoms with van der Waals surface area (Å²) >= 11 is 1.11. The summed E-state index contributed by atoms with van der Waals surface area (Å²) in [4.78, 5) is 32.6. The number of anilines is 1. The van der Waals surface area contributed by atoms with E-state index in [1.54, 1.807) is 9.80 Å². The SMILES string of the molecule is C=CC(=O)N1CCN(c2nc(=O)n3c4c(c(-c5ccc(F)cc5F)c(C(F)(F)F)cc24)SCCC3)CC1. The number of thioether (sulfide) groups is 1.